The number of carbonyl (C=O) groups is 2. The summed E-state index contributed by atoms with van der Waals surface area (Å²) in [5.74, 6) is 0.694. The second-order valence-electron chi connectivity index (χ2n) is 6.83. The molecule has 1 aliphatic rings. The van der Waals surface area contributed by atoms with Crippen LogP contribution in [0.15, 0.2) is 60.3 Å². The molecular formula is C23H21N3O4. The van der Waals surface area contributed by atoms with Gasteiger partial charge in [0.2, 0.25) is 5.88 Å². The zero-order chi connectivity index (χ0) is 21.1. The highest BCUT2D eigenvalue weighted by atomic mass is 16.5. The molecule has 0 bridgehead atoms. The quantitative estimate of drug-likeness (QED) is 0.504. The molecule has 7 nitrogen and oxygen atoms in total. The number of hydrogen-bond acceptors (Lipinski definition) is 5. The maximum absolute atomic E-state index is 12.8. The van der Waals surface area contributed by atoms with Crippen LogP contribution in [0.3, 0.4) is 0 Å². The predicted molar refractivity (Wildman–Crippen MR) is 113 cm³/mol. The lowest BCUT2D eigenvalue weighted by atomic mass is 10.1. The Morgan fingerprint density at radius 2 is 1.83 bits per heavy atom. The highest BCUT2D eigenvalue weighted by molar-refractivity contribution is 6.14. The molecule has 0 aliphatic carbocycles. The van der Waals surface area contributed by atoms with Crippen molar-refractivity contribution in [3.63, 3.8) is 0 Å². The molecule has 1 fully saturated rings. The number of urea groups is 1. The first-order valence-electron chi connectivity index (χ1n) is 9.50. The van der Waals surface area contributed by atoms with Crippen LogP contribution in [0.2, 0.25) is 0 Å². The van der Waals surface area contributed by atoms with Crippen LogP contribution >= 0.6 is 0 Å². The van der Waals surface area contributed by atoms with Gasteiger partial charge in [0.1, 0.15) is 11.4 Å². The van der Waals surface area contributed by atoms with Crippen molar-refractivity contribution < 1.29 is 19.1 Å². The fraction of sp³-hybridized carbons (Fsp3) is 0.174. The van der Waals surface area contributed by atoms with Crippen molar-refractivity contribution in [1.82, 2.24) is 15.2 Å². The van der Waals surface area contributed by atoms with E-state index in [-0.39, 0.29) is 11.6 Å². The van der Waals surface area contributed by atoms with Crippen molar-refractivity contribution in [3.8, 4) is 11.6 Å². The smallest absolute Gasteiger partial charge is 0.329 e. The number of nitrogens with zero attached hydrogens (tertiary/aromatic N) is 2. The largest absolute Gasteiger partial charge is 0.497 e. The van der Waals surface area contributed by atoms with Gasteiger partial charge in [-0.25, -0.2) is 9.78 Å². The number of nitrogens with one attached hydrogen (secondary N) is 1. The van der Waals surface area contributed by atoms with Crippen molar-refractivity contribution in [3.05, 3.63) is 71.4 Å². The van der Waals surface area contributed by atoms with Gasteiger partial charge in [0.15, 0.2) is 0 Å². The lowest BCUT2D eigenvalue weighted by Gasteiger charge is -2.11. The number of ether oxygens (including phenoxy) is 2. The molecule has 2 heterocycles. The van der Waals surface area contributed by atoms with Crippen LogP contribution in [0.5, 0.6) is 11.6 Å². The standard InChI is InChI=1S/C23H21N3O4/c1-29-18-8-9-19-16(13-18)12-17(21(24-19)30-2)14-20-22(27)26(23(28)25-20)11-10-15-6-4-3-5-7-15/h3-9,12-14H,10-11H2,1-2H3,(H,25,28)/b20-14-. The van der Waals surface area contributed by atoms with Gasteiger partial charge >= 0.3 is 6.03 Å². The van der Waals surface area contributed by atoms with Crippen molar-refractivity contribution in [2.24, 2.45) is 0 Å². The molecule has 152 valence electrons. The molecule has 3 amide bonds. The average Bonchev–Trinajstić information content (AvgIpc) is 3.04. The molecule has 0 saturated carbocycles. The molecule has 3 aromatic rings. The van der Waals surface area contributed by atoms with Crippen LogP contribution in [0.25, 0.3) is 17.0 Å². The van der Waals surface area contributed by atoms with Gasteiger partial charge in [-0.1, -0.05) is 30.3 Å². The van der Waals surface area contributed by atoms with Crippen LogP contribution in [0.1, 0.15) is 11.1 Å². The molecule has 0 radical (unpaired) electrons. The Morgan fingerprint density at radius 1 is 1.03 bits per heavy atom. The molecule has 1 saturated heterocycles. The minimum Gasteiger partial charge on any atom is -0.497 e. The number of rotatable bonds is 6. The van der Waals surface area contributed by atoms with Crippen LogP contribution < -0.4 is 14.8 Å². The Hall–Kier alpha value is -3.87. The first-order chi connectivity index (χ1) is 14.6. The van der Waals surface area contributed by atoms with E-state index in [9.17, 15) is 9.59 Å². The van der Waals surface area contributed by atoms with E-state index in [1.54, 1.807) is 13.2 Å². The van der Waals surface area contributed by atoms with E-state index in [1.165, 1.54) is 12.0 Å². The van der Waals surface area contributed by atoms with Gasteiger partial charge in [-0.3, -0.25) is 9.69 Å². The van der Waals surface area contributed by atoms with Crippen molar-refractivity contribution in [1.29, 1.82) is 0 Å². The summed E-state index contributed by atoms with van der Waals surface area (Å²) in [6, 6.07) is 16.6. The average molecular weight is 403 g/mol. The third-order valence-corrected chi connectivity index (χ3v) is 4.94. The Balaban J connectivity index is 1.61. The number of benzene rings is 2. The molecule has 7 heteroatoms. The van der Waals surface area contributed by atoms with Crippen molar-refractivity contribution in [2.45, 2.75) is 6.42 Å². The van der Waals surface area contributed by atoms with Gasteiger partial charge < -0.3 is 14.8 Å². The zero-order valence-electron chi connectivity index (χ0n) is 16.7. The SMILES string of the molecule is COc1ccc2nc(OC)c(/C=C3\NC(=O)N(CCc4ccccc4)C3=O)cc2c1. The fourth-order valence-electron chi connectivity index (χ4n) is 3.36. The van der Waals surface area contributed by atoms with Gasteiger partial charge in [0.25, 0.3) is 5.91 Å². The van der Waals surface area contributed by atoms with Crippen LogP contribution in [-0.2, 0) is 11.2 Å². The number of methoxy groups -OCH3 is 2. The van der Waals surface area contributed by atoms with E-state index in [0.29, 0.717) is 30.2 Å². The van der Waals surface area contributed by atoms with Crippen LogP contribution in [0, 0.1) is 0 Å². The lowest BCUT2D eigenvalue weighted by molar-refractivity contribution is -0.122. The number of aromatic nitrogens is 1. The number of fused-ring (bicyclic) bond motifs is 1. The molecule has 0 spiro atoms. The topological polar surface area (TPSA) is 80.8 Å². The first kappa shape index (κ1) is 19.4. The maximum atomic E-state index is 12.8. The van der Waals surface area contributed by atoms with Crippen molar-refractivity contribution in [2.75, 3.05) is 20.8 Å². The molecule has 1 aromatic heterocycles. The highest BCUT2D eigenvalue weighted by Gasteiger charge is 2.33. The number of hydrogen-bond donors (Lipinski definition) is 1. The normalized spacial score (nSPS) is 15.0. The van der Waals surface area contributed by atoms with Gasteiger partial charge in [-0.2, -0.15) is 0 Å². The Kier molecular flexibility index (Phi) is 5.34. The van der Waals surface area contributed by atoms with Gasteiger partial charge in [0, 0.05) is 17.5 Å². The van der Waals surface area contributed by atoms with E-state index in [0.717, 1.165) is 16.5 Å². The molecular weight excluding hydrogens is 382 g/mol. The summed E-state index contributed by atoms with van der Waals surface area (Å²) >= 11 is 0. The second-order valence-corrected chi connectivity index (χ2v) is 6.83. The third kappa shape index (κ3) is 3.82. The zero-order valence-corrected chi connectivity index (χ0v) is 16.7. The van der Waals surface area contributed by atoms with Gasteiger partial charge in [-0.15, -0.1) is 0 Å². The summed E-state index contributed by atoms with van der Waals surface area (Å²) in [5.41, 5.74) is 2.58. The van der Waals surface area contributed by atoms with Crippen LogP contribution in [-0.4, -0.2) is 42.6 Å². The number of carbonyl (C=O) groups excluding carboxylic acids is 2. The van der Waals surface area contributed by atoms with E-state index in [1.807, 2.05) is 54.6 Å². The monoisotopic (exact) mass is 403 g/mol. The summed E-state index contributed by atoms with van der Waals surface area (Å²) in [5, 5.41) is 3.48. The Morgan fingerprint density at radius 3 is 2.57 bits per heavy atom. The molecule has 2 aromatic carbocycles. The molecule has 0 atom stereocenters. The number of pyridine rings is 1. The minimum atomic E-state index is -0.434. The molecule has 1 aliphatic heterocycles. The molecule has 30 heavy (non-hydrogen) atoms. The van der Waals surface area contributed by atoms with Gasteiger partial charge in [0.05, 0.1) is 19.7 Å². The molecule has 4 rings (SSSR count). The summed E-state index contributed by atoms with van der Waals surface area (Å²) in [6.45, 7) is 0.302. The fourth-order valence-corrected chi connectivity index (χ4v) is 3.36. The Bertz CT molecular complexity index is 1140. The number of amides is 3. The first-order valence-corrected chi connectivity index (χ1v) is 9.50. The summed E-state index contributed by atoms with van der Waals surface area (Å²) in [4.78, 5) is 30.8. The molecule has 0 unspecified atom stereocenters. The second kappa shape index (κ2) is 8.24. The summed E-state index contributed by atoms with van der Waals surface area (Å²) in [6.07, 6.45) is 2.18. The minimum absolute atomic E-state index is 0.190. The van der Waals surface area contributed by atoms with E-state index >= 15 is 0 Å². The van der Waals surface area contributed by atoms with Crippen LogP contribution in [0.4, 0.5) is 4.79 Å². The molecule has 1 N–H and O–H groups in total. The van der Waals surface area contributed by atoms with E-state index in [2.05, 4.69) is 10.3 Å². The van der Waals surface area contributed by atoms with E-state index < -0.39 is 6.03 Å². The lowest BCUT2D eigenvalue weighted by Crippen LogP contribution is -2.32. The third-order valence-electron chi connectivity index (χ3n) is 4.94. The maximum Gasteiger partial charge on any atom is 0.329 e. The van der Waals surface area contributed by atoms with E-state index in [4.69, 9.17) is 9.47 Å². The number of imide groups is 1. The van der Waals surface area contributed by atoms with Gasteiger partial charge in [-0.05, 0) is 42.3 Å². The Labute approximate surface area is 173 Å². The van der Waals surface area contributed by atoms with Crippen molar-refractivity contribution >= 4 is 28.9 Å². The predicted octanol–water partition coefficient (Wildman–Crippen LogP) is 3.39. The summed E-state index contributed by atoms with van der Waals surface area (Å²) < 4.78 is 10.7. The summed E-state index contributed by atoms with van der Waals surface area (Å²) in [7, 11) is 3.11. The highest BCUT2D eigenvalue weighted by Crippen LogP contribution is 2.27.